The van der Waals surface area contributed by atoms with Crippen molar-refractivity contribution in [1.82, 2.24) is 0 Å². The zero-order valence-corrected chi connectivity index (χ0v) is 6.33. The molecular weight excluding hydrogens is 214 g/mol. The van der Waals surface area contributed by atoms with Crippen LogP contribution in [0.1, 0.15) is 0 Å². The van der Waals surface area contributed by atoms with E-state index >= 15 is 0 Å². The first-order valence-electron chi connectivity index (χ1n) is 0.730. The summed E-state index contributed by atoms with van der Waals surface area (Å²) in [4.78, 5) is 25.6. The minimum Gasteiger partial charge on any atom is -0.822 e. The quantitative estimate of drug-likeness (QED) is 0.313. The fourth-order valence-corrected chi connectivity index (χ4v) is 0. The second-order valence-electron chi connectivity index (χ2n) is 0.447. The zero-order chi connectivity index (χ0) is 4.50. The van der Waals surface area contributed by atoms with Gasteiger partial charge in [-0.3, -0.25) is 0 Å². The summed E-state index contributed by atoms with van der Waals surface area (Å²) in [6.45, 7) is 0. The van der Waals surface area contributed by atoms with Crippen LogP contribution >= 0.6 is 7.82 Å². The SMILES string of the molecule is O=P([O-])([O-])[O-].[Sn+4]. The molecule has 4 nitrogen and oxygen atoms in total. The monoisotopic (exact) mass is 215 g/mol. The molecule has 0 rings (SSSR count). The topological polar surface area (TPSA) is 86.2 Å². The predicted octanol–water partition coefficient (Wildman–Crippen LogP) is -3.21. The van der Waals surface area contributed by atoms with Crippen molar-refractivity contribution in [2.45, 2.75) is 0 Å². The summed E-state index contributed by atoms with van der Waals surface area (Å²) in [6.07, 6.45) is 0. The van der Waals surface area contributed by atoms with Gasteiger partial charge in [0.25, 0.3) is 0 Å². The van der Waals surface area contributed by atoms with Crippen molar-refractivity contribution in [3.05, 3.63) is 0 Å². The van der Waals surface area contributed by atoms with Gasteiger partial charge in [-0.25, -0.2) is 0 Å². The summed E-state index contributed by atoms with van der Waals surface area (Å²) in [5, 5.41) is 0. The number of hydrogen-bond donors (Lipinski definition) is 0. The molecule has 0 fully saturated rings. The molecule has 0 amide bonds. The summed E-state index contributed by atoms with van der Waals surface area (Å²) in [5.41, 5.74) is 0. The van der Waals surface area contributed by atoms with Gasteiger partial charge < -0.3 is 19.2 Å². The Labute approximate surface area is 51.4 Å². The van der Waals surface area contributed by atoms with Crippen LogP contribution in [0, 0.1) is 0 Å². The first-order chi connectivity index (χ1) is 2.00. The molecule has 0 heterocycles. The molecule has 0 aliphatic heterocycles. The van der Waals surface area contributed by atoms with Crippen LogP contribution in [0.3, 0.4) is 0 Å². The van der Waals surface area contributed by atoms with Gasteiger partial charge in [0.2, 0.25) is 0 Å². The van der Waals surface area contributed by atoms with Crippen LogP contribution in [0.4, 0.5) is 0 Å². The van der Waals surface area contributed by atoms with Crippen LogP contribution in [-0.4, -0.2) is 23.9 Å². The van der Waals surface area contributed by atoms with Gasteiger partial charge >= 0.3 is 23.9 Å². The van der Waals surface area contributed by atoms with Gasteiger partial charge in [0, 0.05) is 0 Å². The van der Waals surface area contributed by atoms with E-state index in [-0.39, 0.29) is 23.9 Å². The maximum Gasteiger partial charge on any atom is 4.00 e. The molecule has 0 aromatic rings. The van der Waals surface area contributed by atoms with E-state index in [0.717, 1.165) is 0 Å². The van der Waals surface area contributed by atoms with Gasteiger partial charge in [0.15, 0.2) is 0 Å². The van der Waals surface area contributed by atoms with E-state index in [1.54, 1.807) is 0 Å². The molecule has 0 spiro atoms. The van der Waals surface area contributed by atoms with Crippen molar-refractivity contribution < 1.29 is 19.2 Å². The zero-order valence-electron chi connectivity index (χ0n) is 2.58. The van der Waals surface area contributed by atoms with E-state index < -0.39 is 7.82 Å². The minimum absolute atomic E-state index is 0. The van der Waals surface area contributed by atoms with Crippen molar-refractivity contribution in [3.63, 3.8) is 0 Å². The first kappa shape index (κ1) is 10.0. The average Bonchev–Trinajstić information content (AvgIpc) is 0.722. The molecule has 0 saturated carbocycles. The normalized spacial score (nSPS) is 9.83. The number of hydrogen-bond acceptors (Lipinski definition) is 4. The van der Waals surface area contributed by atoms with Crippen molar-refractivity contribution in [1.29, 1.82) is 0 Å². The Kier molecular flexibility index (Phi) is 4.98. The Morgan fingerprint density at radius 2 is 1.17 bits per heavy atom. The molecule has 0 unspecified atom stereocenters. The third-order valence-corrected chi connectivity index (χ3v) is 0. The molecule has 6 heteroatoms. The fourth-order valence-electron chi connectivity index (χ4n) is 0. The first-order valence-corrected chi connectivity index (χ1v) is 2.19. The Balaban J connectivity index is 0. The van der Waals surface area contributed by atoms with Gasteiger partial charge in [-0.15, -0.1) is 0 Å². The van der Waals surface area contributed by atoms with Crippen LogP contribution in [0.25, 0.3) is 0 Å². The Morgan fingerprint density at radius 3 is 1.17 bits per heavy atom. The summed E-state index contributed by atoms with van der Waals surface area (Å²) < 4.78 is 8.55. The molecule has 0 aromatic carbocycles. The van der Waals surface area contributed by atoms with E-state index in [9.17, 15) is 0 Å². The standard InChI is InChI=1S/H3O4P.Sn/c1-5(2,3)4;/h(H3,1,2,3,4);/q;+4/p-3. The third kappa shape index (κ3) is 90.8. The molecule has 0 aliphatic carbocycles. The van der Waals surface area contributed by atoms with Crippen molar-refractivity contribution >= 4 is 31.7 Å². The van der Waals surface area contributed by atoms with E-state index in [1.807, 2.05) is 0 Å². The maximum atomic E-state index is 8.55. The van der Waals surface area contributed by atoms with Crippen molar-refractivity contribution in [2.24, 2.45) is 0 Å². The van der Waals surface area contributed by atoms with E-state index in [4.69, 9.17) is 19.2 Å². The van der Waals surface area contributed by atoms with Crippen LogP contribution in [0.5, 0.6) is 0 Å². The second kappa shape index (κ2) is 2.98. The largest absolute Gasteiger partial charge is 4.00 e. The molecule has 0 radical (unpaired) electrons. The Hall–Kier alpha value is 0.909. The third-order valence-electron chi connectivity index (χ3n) is 0. The molecule has 32 valence electrons. The molecular formula is O4PSn+. The van der Waals surface area contributed by atoms with Crippen molar-refractivity contribution in [2.75, 3.05) is 0 Å². The van der Waals surface area contributed by atoms with Gasteiger partial charge in [-0.2, -0.15) is 7.82 Å². The number of phosphoric acid groups is 1. The van der Waals surface area contributed by atoms with E-state index in [1.165, 1.54) is 0 Å². The molecule has 6 heavy (non-hydrogen) atoms. The summed E-state index contributed by atoms with van der Waals surface area (Å²) in [5.74, 6) is 0. The molecule has 0 aliphatic rings. The summed E-state index contributed by atoms with van der Waals surface area (Å²) in [6, 6.07) is 0. The summed E-state index contributed by atoms with van der Waals surface area (Å²) >= 11 is 0. The molecule has 0 bridgehead atoms. The predicted molar refractivity (Wildman–Crippen MR) is 13.4 cm³/mol. The van der Waals surface area contributed by atoms with Gasteiger partial charge in [-0.05, 0) is 0 Å². The second-order valence-corrected chi connectivity index (χ2v) is 1.34. The van der Waals surface area contributed by atoms with Gasteiger partial charge in [-0.1, -0.05) is 0 Å². The minimum atomic E-state index is -5.39. The van der Waals surface area contributed by atoms with E-state index in [2.05, 4.69) is 0 Å². The molecule has 0 atom stereocenters. The molecule has 0 saturated heterocycles. The van der Waals surface area contributed by atoms with Crippen LogP contribution < -0.4 is 14.7 Å². The Morgan fingerprint density at radius 1 is 1.17 bits per heavy atom. The molecule has 0 aromatic heterocycles. The van der Waals surface area contributed by atoms with Crippen LogP contribution in [0.15, 0.2) is 0 Å². The average molecular weight is 214 g/mol. The Bertz CT molecular complexity index is 53.7. The van der Waals surface area contributed by atoms with Gasteiger partial charge in [0.05, 0.1) is 0 Å². The smallest absolute Gasteiger partial charge is 0.822 e. The maximum absolute atomic E-state index is 8.55. The number of rotatable bonds is 0. The molecule has 0 N–H and O–H groups in total. The van der Waals surface area contributed by atoms with Crippen LogP contribution in [-0.2, 0) is 4.57 Å². The van der Waals surface area contributed by atoms with Gasteiger partial charge in [0.1, 0.15) is 0 Å². The van der Waals surface area contributed by atoms with Crippen molar-refractivity contribution in [3.8, 4) is 0 Å². The summed E-state index contributed by atoms with van der Waals surface area (Å²) in [7, 11) is -5.39. The van der Waals surface area contributed by atoms with E-state index in [0.29, 0.717) is 0 Å². The van der Waals surface area contributed by atoms with Crippen LogP contribution in [0.2, 0.25) is 0 Å². The fraction of sp³-hybridized carbons (Fsp3) is 0.